The zero-order chi connectivity index (χ0) is 18.6. The smallest absolute Gasteiger partial charge is 0.242 e. The number of anilines is 1. The zero-order valence-electron chi connectivity index (χ0n) is 15.6. The highest BCUT2D eigenvalue weighted by atomic mass is 16.2. The van der Waals surface area contributed by atoms with E-state index in [9.17, 15) is 4.79 Å². The van der Waals surface area contributed by atoms with Crippen LogP contribution in [-0.2, 0) is 17.8 Å². The van der Waals surface area contributed by atoms with E-state index < -0.39 is 0 Å². The van der Waals surface area contributed by atoms with Crippen LogP contribution in [0.2, 0.25) is 0 Å². The van der Waals surface area contributed by atoms with Gasteiger partial charge in [0, 0.05) is 37.6 Å². The lowest BCUT2D eigenvalue weighted by Gasteiger charge is -2.32. The van der Waals surface area contributed by atoms with Gasteiger partial charge in [0.2, 0.25) is 5.91 Å². The Bertz CT molecular complexity index is 919. The van der Waals surface area contributed by atoms with Crippen molar-refractivity contribution in [1.82, 2.24) is 14.7 Å². The predicted molar refractivity (Wildman–Crippen MR) is 107 cm³/mol. The number of carbonyl (C=O) groups excluding carboxylic acids is 1. The van der Waals surface area contributed by atoms with E-state index in [0.29, 0.717) is 13.1 Å². The van der Waals surface area contributed by atoms with Crippen molar-refractivity contribution in [3.05, 3.63) is 78.1 Å². The summed E-state index contributed by atoms with van der Waals surface area (Å²) in [4.78, 5) is 16.7. The molecule has 0 aliphatic carbocycles. The summed E-state index contributed by atoms with van der Waals surface area (Å²) in [5.41, 5.74) is 4.57. The molecule has 27 heavy (non-hydrogen) atoms. The number of rotatable bonds is 5. The Labute approximate surface area is 159 Å². The fraction of sp³-hybridized carbons (Fsp3) is 0.273. The number of carbonyl (C=O) groups is 1. The third-order valence-electron chi connectivity index (χ3n) is 5.03. The number of aromatic nitrogens is 2. The van der Waals surface area contributed by atoms with Crippen LogP contribution in [-0.4, -0.2) is 40.7 Å². The molecule has 4 rings (SSSR count). The molecule has 2 aromatic carbocycles. The van der Waals surface area contributed by atoms with Gasteiger partial charge in [-0.1, -0.05) is 36.4 Å². The zero-order valence-corrected chi connectivity index (χ0v) is 15.6. The summed E-state index contributed by atoms with van der Waals surface area (Å²) in [7, 11) is 1.86. The molecule has 1 aromatic heterocycles. The molecule has 0 atom stereocenters. The number of aryl methyl sites for hydroxylation is 1. The van der Waals surface area contributed by atoms with Crippen molar-refractivity contribution < 1.29 is 4.79 Å². The molecule has 0 saturated heterocycles. The molecule has 2 heterocycles. The molecule has 3 aromatic rings. The first-order chi connectivity index (χ1) is 13.2. The minimum atomic E-state index is 0.124. The largest absolute Gasteiger partial charge is 0.362 e. The molecule has 0 radical (unpaired) electrons. The fourth-order valence-electron chi connectivity index (χ4n) is 3.59. The average Bonchev–Trinajstić information content (AvgIpc) is 3.17. The summed E-state index contributed by atoms with van der Waals surface area (Å²) in [5, 5.41) is 4.41. The Morgan fingerprint density at radius 3 is 2.74 bits per heavy atom. The normalized spacial score (nSPS) is 13.3. The van der Waals surface area contributed by atoms with Gasteiger partial charge in [-0.25, -0.2) is 4.68 Å². The van der Waals surface area contributed by atoms with Crippen molar-refractivity contribution in [1.29, 1.82) is 0 Å². The topological polar surface area (TPSA) is 41.4 Å². The lowest BCUT2D eigenvalue weighted by atomic mass is 10.0. The van der Waals surface area contributed by atoms with Gasteiger partial charge in [-0.15, -0.1) is 0 Å². The Morgan fingerprint density at radius 2 is 1.89 bits per heavy atom. The number of hydrogen-bond donors (Lipinski definition) is 0. The number of para-hydroxylation sites is 2. The second-order valence-electron chi connectivity index (χ2n) is 7.03. The number of amides is 1. The second-order valence-corrected chi connectivity index (χ2v) is 7.03. The van der Waals surface area contributed by atoms with Gasteiger partial charge in [-0.3, -0.25) is 4.79 Å². The van der Waals surface area contributed by atoms with Crippen molar-refractivity contribution in [2.45, 2.75) is 19.4 Å². The summed E-state index contributed by atoms with van der Waals surface area (Å²) in [6.45, 7) is 1.91. The summed E-state index contributed by atoms with van der Waals surface area (Å²) < 4.78 is 1.84. The predicted octanol–water partition coefficient (Wildman–Crippen LogP) is 3.28. The van der Waals surface area contributed by atoms with Gasteiger partial charge < -0.3 is 9.80 Å². The van der Waals surface area contributed by atoms with Crippen molar-refractivity contribution in [3.8, 4) is 5.69 Å². The molecular weight excluding hydrogens is 336 g/mol. The van der Waals surface area contributed by atoms with Gasteiger partial charge in [-0.05, 0) is 36.6 Å². The Morgan fingerprint density at radius 1 is 1.11 bits per heavy atom. The molecule has 1 amide bonds. The molecule has 138 valence electrons. The highest BCUT2D eigenvalue weighted by Crippen LogP contribution is 2.26. The lowest BCUT2D eigenvalue weighted by Crippen LogP contribution is -2.40. The number of benzene rings is 2. The van der Waals surface area contributed by atoms with Crippen LogP contribution in [0.4, 0.5) is 5.69 Å². The van der Waals surface area contributed by atoms with Crippen molar-refractivity contribution in [2.24, 2.45) is 0 Å². The maximum Gasteiger partial charge on any atom is 0.242 e. The number of fused-ring (bicyclic) bond motifs is 1. The molecule has 5 heteroatoms. The Balaban J connectivity index is 1.40. The molecule has 0 saturated carbocycles. The summed E-state index contributed by atoms with van der Waals surface area (Å²) in [6, 6.07) is 18.4. The van der Waals surface area contributed by atoms with Gasteiger partial charge in [0.05, 0.1) is 18.4 Å². The maximum absolute atomic E-state index is 12.8. The number of nitrogens with zero attached hydrogens (tertiary/aromatic N) is 4. The third kappa shape index (κ3) is 3.87. The highest BCUT2D eigenvalue weighted by Gasteiger charge is 2.20. The van der Waals surface area contributed by atoms with Gasteiger partial charge in [0.15, 0.2) is 0 Å². The molecule has 0 unspecified atom stereocenters. The standard InChI is InChI=1S/C22H24N4O/c1-24(15-18-14-23-26(16-18)20-10-3-2-4-11-20)22(27)17-25-13-7-9-19-8-5-6-12-21(19)25/h2-6,8,10-12,14,16H,7,9,13,15,17H2,1H3. The van der Waals surface area contributed by atoms with E-state index in [1.807, 2.05) is 60.5 Å². The van der Waals surface area contributed by atoms with E-state index >= 15 is 0 Å². The fourth-order valence-corrected chi connectivity index (χ4v) is 3.59. The Hall–Kier alpha value is -3.08. The van der Waals surface area contributed by atoms with Gasteiger partial charge in [0.25, 0.3) is 0 Å². The quantitative estimate of drug-likeness (QED) is 0.701. The second kappa shape index (κ2) is 7.66. The third-order valence-corrected chi connectivity index (χ3v) is 5.03. The first-order valence-electron chi connectivity index (χ1n) is 9.36. The van der Waals surface area contributed by atoms with E-state index in [-0.39, 0.29) is 5.91 Å². The van der Waals surface area contributed by atoms with Gasteiger partial charge in [-0.2, -0.15) is 5.10 Å². The maximum atomic E-state index is 12.8. The minimum Gasteiger partial charge on any atom is -0.362 e. The van der Waals surface area contributed by atoms with E-state index in [2.05, 4.69) is 28.2 Å². The van der Waals surface area contributed by atoms with Crippen LogP contribution in [0.25, 0.3) is 5.69 Å². The van der Waals surface area contributed by atoms with E-state index in [1.165, 1.54) is 11.3 Å². The van der Waals surface area contributed by atoms with Crippen LogP contribution < -0.4 is 4.90 Å². The van der Waals surface area contributed by atoms with Gasteiger partial charge >= 0.3 is 0 Å². The van der Waals surface area contributed by atoms with Crippen molar-refractivity contribution in [2.75, 3.05) is 25.0 Å². The number of likely N-dealkylation sites (N-methyl/N-ethyl adjacent to an activating group) is 1. The van der Waals surface area contributed by atoms with Crippen LogP contribution in [0.15, 0.2) is 67.0 Å². The van der Waals surface area contributed by atoms with E-state index in [4.69, 9.17) is 0 Å². The molecule has 0 spiro atoms. The van der Waals surface area contributed by atoms with Crippen molar-refractivity contribution in [3.63, 3.8) is 0 Å². The van der Waals surface area contributed by atoms with Crippen LogP contribution in [0.3, 0.4) is 0 Å². The summed E-state index contributed by atoms with van der Waals surface area (Å²) in [5.74, 6) is 0.124. The molecule has 0 N–H and O–H groups in total. The number of hydrogen-bond acceptors (Lipinski definition) is 3. The molecule has 1 aliphatic rings. The summed E-state index contributed by atoms with van der Waals surface area (Å²) in [6.07, 6.45) is 6.00. The monoisotopic (exact) mass is 360 g/mol. The van der Waals surface area contributed by atoms with Crippen LogP contribution in [0.5, 0.6) is 0 Å². The van der Waals surface area contributed by atoms with Crippen molar-refractivity contribution >= 4 is 11.6 Å². The highest BCUT2D eigenvalue weighted by molar-refractivity contribution is 5.81. The first kappa shape index (κ1) is 17.3. The van der Waals surface area contributed by atoms with Crippen LogP contribution >= 0.6 is 0 Å². The minimum absolute atomic E-state index is 0.124. The average molecular weight is 360 g/mol. The SMILES string of the molecule is CN(Cc1cnn(-c2ccccc2)c1)C(=O)CN1CCCc2ccccc21. The van der Waals surface area contributed by atoms with Crippen LogP contribution in [0.1, 0.15) is 17.5 Å². The van der Waals surface area contributed by atoms with Crippen LogP contribution in [0, 0.1) is 0 Å². The first-order valence-corrected chi connectivity index (χ1v) is 9.36. The molecule has 1 aliphatic heterocycles. The molecular formula is C22H24N4O. The Kier molecular flexibility index (Phi) is 4.92. The molecule has 5 nitrogen and oxygen atoms in total. The lowest BCUT2D eigenvalue weighted by molar-refractivity contribution is -0.128. The summed E-state index contributed by atoms with van der Waals surface area (Å²) >= 11 is 0. The van der Waals surface area contributed by atoms with Gasteiger partial charge in [0.1, 0.15) is 0 Å². The van der Waals surface area contributed by atoms with E-state index in [1.54, 1.807) is 4.90 Å². The van der Waals surface area contributed by atoms with E-state index in [0.717, 1.165) is 30.6 Å². The molecule has 0 bridgehead atoms. The molecule has 0 fully saturated rings.